The molecule has 2 aromatic rings. The van der Waals surface area contributed by atoms with E-state index in [1.807, 2.05) is 37.3 Å². The average molecular weight is 308 g/mol. The number of hydrogen-bond acceptors (Lipinski definition) is 4. The number of hydrogen-bond donors (Lipinski definition) is 1. The summed E-state index contributed by atoms with van der Waals surface area (Å²) in [7, 11) is -3.37. The topological polar surface area (TPSA) is 82.3 Å². The molecule has 0 amide bonds. The number of nitrogens with zero attached hydrogens (tertiary/aromatic N) is 1. The smallest absolute Gasteiger partial charge is 0.209 e. The third-order valence-electron chi connectivity index (χ3n) is 3.34. The molecular formula is C15H20N2O3S. The quantitative estimate of drug-likeness (QED) is 0.851. The van der Waals surface area contributed by atoms with Crippen LogP contribution in [0.4, 0.5) is 0 Å². The molecule has 2 N–H and O–H groups in total. The first-order valence-electron chi connectivity index (χ1n) is 6.92. The van der Waals surface area contributed by atoms with Gasteiger partial charge in [0.2, 0.25) is 10.0 Å². The summed E-state index contributed by atoms with van der Waals surface area (Å²) in [5.41, 5.74) is 0.936. The van der Waals surface area contributed by atoms with Gasteiger partial charge in [-0.25, -0.2) is 13.6 Å². The van der Waals surface area contributed by atoms with Crippen LogP contribution in [-0.2, 0) is 10.0 Å². The van der Waals surface area contributed by atoms with Crippen molar-refractivity contribution in [1.29, 1.82) is 0 Å². The van der Waals surface area contributed by atoms with Crippen LogP contribution in [0.2, 0.25) is 0 Å². The second kappa shape index (κ2) is 6.87. The molecule has 1 heterocycles. The molecule has 0 aliphatic rings. The van der Waals surface area contributed by atoms with Gasteiger partial charge in [-0.2, -0.15) is 0 Å². The van der Waals surface area contributed by atoms with Crippen molar-refractivity contribution in [1.82, 2.24) is 4.98 Å². The van der Waals surface area contributed by atoms with Gasteiger partial charge < -0.3 is 4.74 Å². The number of nitrogens with two attached hydrogens (primary N) is 1. The summed E-state index contributed by atoms with van der Waals surface area (Å²) in [5.74, 6) is 0.996. The molecule has 0 saturated carbocycles. The van der Waals surface area contributed by atoms with E-state index in [9.17, 15) is 8.42 Å². The molecule has 0 saturated heterocycles. The molecule has 6 heteroatoms. The number of aromatic nitrogens is 1. The third-order valence-corrected chi connectivity index (χ3v) is 4.14. The Morgan fingerprint density at radius 3 is 2.81 bits per heavy atom. The largest absolute Gasteiger partial charge is 0.492 e. The van der Waals surface area contributed by atoms with Crippen LogP contribution in [0.25, 0.3) is 10.9 Å². The number of para-hydroxylation sites is 1. The van der Waals surface area contributed by atoms with Crippen LogP contribution >= 0.6 is 0 Å². The van der Waals surface area contributed by atoms with Gasteiger partial charge in [0.05, 0.1) is 24.1 Å². The van der Waals surface area contributed by atoms with Gasteiger partial charge in [0.15, 0.2) is 0 Å². The summed E-state index contributed by atoms with van der Waals surface area (Å²) < 4.78 is 27.5. The molecule has 0 spiro atoms. The zero-order valence-corrected chi connectivity index (χ0v) is 12.8. The van der Waals surface area contributed by atoms with E-state index in [4.69, 9.17) is 9.88 Å². The van der Waals surface area contributed by atoms with Gasteiger partial charge in [-0.1, -0.05) is 25.1 Å². The molecule has 2 rings (SSSR count). The van der Waals surface area contributed by atoms with Crippen LogP contribution in [0, 0.1) is 5.92 Å². The van der Waals surface area contributed by atoms with E-state index < -0.39 is 10.0 Å². The summed E-state index contributed by atoms with van der Waals surface area (Å²) in [6.45, 7) is 2.53. The minimum atomic E-state index is -3.37. The molecule has 21 heavy (non-hydrogen) atoms. The molecule has 0 aliphatic carbocycles. The van der Waals surface area contributed by atoms with Gasteiger partial charge in [-0.3, -0.25) is 4.98 Å². The Balaban J connectivity index is 1.82. The third kappa shape index (κ3) is 5.32. The minimum absolute atomic E-state index is 0.0195. The van der Waals surface area contributed by atoms with Crippen molar-refractivity contribution in [2.75, 3.05) is 12.4 Å². The predicted octanol–water partition coefficient (Wildman–Crippen LogP) is 2.32. The molecule has 0 bridgehead atoms. The molecule has 1 atom stereocenters. The zero-order chi connectivity index (χ0) is 15.3. The maximum atomic E-state index is 10.9. The number of benzene rings is 1. The fourth-order valence-electron chi connectivity index (χ4n) is 2.02. The maximum Gasteiger partial charge on any atom is 0.209 e. The van der Waals surface area contributed by atoms with Gasteiger partial charge >= 0.3 is 0 Å². The van der Waals surface area contributed by atoms with Crippen molar-refractivity contribution in [3.8, 4) is 5.75 Å². The van der Waals surface area contributed by atoms with Crippen LogP contribution in [-0.4, -0.2) is 25.8 Å². The number of fused-ring (bicyclic) bond motifs is 1. The van der Waals surface area contributed by atoms with Gasteiger partial charge in [0.25, 0.3) is 0 Å². The Morgan fingerprint density at radius 2 is 2.05 bits per heavy atom. The average Bonchev–Trinajstić information content (AvgIpc) is 2.44. The van der Waals surface area contributed by atoms with Gasteiger partial charge in [-0.05, 0) is 30.9 Å². The fraction of sp³-hybridized carbons (Fsp3) is 0.400. The first kappa shape index (κ1) is 15.7. The van der Waals surface area contributed by atoms with Crippen LogP contribution in [0.1, 0.15) is 19.8 Å². The number of pyridine rings is 1. The maximum absolute atomic E-state index is 10.9. The second-order valence-electron chi connectivity index (χ2n) is 5.26. The lowest BCUT2D eigenvalue weighted by molar-refractivity contribution is 0.281. The Bertz CT molecular complexity index is 701. The first-order chi connectivity index (χ1) is 9.94. The second-order valence-corrected chi connectivity index (χ2v) is 7.00. The summed E-state index contributed by atoms with van der Waals surface area (Å²) in [6, 6.07) is 9.81. The van der Waals surface area contributed by atoms with Gasteiger partial charge in [0.1, 0.15) is 5.75 Å². The SMILES string of the molecule is CC(CCOc1cnc2ccccc2c1)CCS(N)(=O)=O. The lowest BCUT2D eigenvalue weighted by atomic mass is 10.1. The Morgan fingerprint density at radius 1 is 1.29 bits per heavy atom. The molecule has 1 unspecified atom stereocenters. The predicted molar refractivity (Wildman–Crippen MR) is 83.6 cm³/mol. The molecular weight excluding hydrogens is 288 g/mol. The Hall–Kier alpha value is -1.66. The van der Waals surface area contributed by atoms with E-state index in [2.05, 4.69) is 4.98 Å². The first-order valence-corrected chi connectivity index (χ1v) is 8.63. The Labute approximate surface area is 125 Å². The number of sulfonamides is 1. The van der Waals surface area contributed by atoms with Crippen molar-refractivity contribution >= 4 is 20.9 Å². The lowest BCUT2D eigenvalue weighted by Gasteiger charge is -2.11. The fourth-order valence-corrected chi connectivity index (χ4v) is 2.75. The molecule has 0 fully saturated rings. The van der Waals surface area contributed by atoms with Crippen LogP contribution in [0.5, 0.6) is 5.75 Å². The van der Waals surface area contributed by atoms with E-state index in [0.29, 0.717) is 13.0 Å². The minimum Gasteiger partial charge on any atom is -0.492 e. The standard InChI is InChI=1S/C15H20N2O3S/c1-12(7-9-21(16,18)19)6-8-20-14-10-13-4-2-3-5-15(13)17-11-14/h2-5,10-12H,6-9H2,1H3,(H2,16,18,19). The molecule has 1 aromatic heterocycles. The van der Waals surface area contributed by atoms with Crippen molar-refractivity contribution in [2.45, 2.75) is 19.8 Å². The van der Waals surface area contributed by atoms with Crippen molar-refractivity contribution in [3.05, 3.63) is 36.5 Å². The normalized spacial score (nSPS) is 13.2. The number of rotatable bonds is 7. The van der Waals surface area contributed by atoms with E-state index in [1.54, 1.807) is 6.20 Å². The van der Waals surface area contributed by atoms with Crippen molar-refractivity contribution in [2.24, 2.45) is 11.1 Å². The highest BCUT2D eigenvalue weighted by atomic mass is 32.2. The van der Waals surface area contributed by atoms with Crippen LogP contribution in [0.3, 0.4) is 0 Å². The molecule has 5 nitrogen and oxygen atoms in total. The number of ether oxygens (including phenoxy) is 1. The van der Waals surface area contributed by atoms with Crippen molar-refractivity contribution in [3.63, 3.8) is 0 Å². The number of primary sulfonamides is 1. The molecule has 0 radical (unpaired) electrons. The van der Waals surface area contributed by atoms with E-state index in [-0.39, 0.29) is 11.7 Å². The highest BCUT2D eigenvalue weighted by Gasteiger charge is 2.08. The molecule has 0 aliphatic heterocycles. The van der Waals surface area contributed by atoms with Crippen LogP contribution in [0.15, 0.2) is 36.5 Å². The van der Waals surface area contributed by atoms with Crippen LogP contribution < -0.4 is 9.88 Å². The van der Waals surface area contributed by atoms with E-state index >= 15 is 0 Å². The molecule has 114 valence electrons. The lowest BCUT2D eigenvalue weighted by Crippen LogP contribution is -2.18. The van der Waals surface area contributed by atoms with Crippen molar-refractivity contribution < 1.29 is 13.2 Å². The summed E-state index contributed by atoms with van der Waals surface area (Å²) in [6.07, 6.45) is 3.04. The van der Waals surface area contributed by atoms with E-state index in [0.717, 1.165) is 23.1 Å². The van der Waals surface area contributed by atoms with Gasteiger partial charge in [0, 0.05) is 5.39 Å². The monoisotopic (exact) mass is 308 g/mol. The zero-order valence-electron chi connectivity index (χ0n) is 12.0. The van der Waals surface area contributed by atoms with E-state index in [1.165, 1.54) is 0 Å². The summed E-state index contributed by atoms with van der Waals surface area (Å²) in [5, 5.41) is 6.03. The Kier molecular flexibility index (Phi) is 5.14. The molecule has 1 aromatic carbocycles. The summed E-state index contributed by atoms with van der Waals surface area (Å²) in [4.78, 5) is 4.33. The highest BCUT2D eigenvalue weighted by Crippen LogP contribution is 2.18. The van der Waals surface area contributed by atoms with Gasteiger partial charge in [-0.15, -0.1) is 0 Å². The summed E-state index contributed by atoms with van der Waals surface area (Å²) >= 11 is 0. The highest BCUT2D eigenvalue weighted by molar-refractivity contribution is 7.89.